The van der Waals surface area contributed by atoms with Gasteiger partial charge in [0.1, 0.15) is 5.69 Å². The minimum atomic E-state index is 0.847. The van der Waals surface area contributed by atoms with Crippen LogP contribution in [0, 0.1) is 0 Å². The lowest BCUT2D eigenvalue weighted by Crippen LogP contribution is -2.18. The van der Waals surface area contributed by atoms with Crippen LogP contribution in [0.15, 0.2) is 35.5 Å². The number of hydrogen-bond donors (Lipinski definition) is 0. The van der Waals surface area contributed by atoms with Gasteiger partial charge in [-0.2, -0.15) is 0 Å². The van der Waals surface area contributed by atoms with Gasteiger partial charge in [0.2, 0.25) is 0 Å². The standard InChI is InChI=1S/C14H17N3/c1-4-9-17(3)14-11-7-5-6-8-12(11)16-10-13(14)15-2/h5-8,10H,2,4,9H2,1,3H3. The van der Waals surface area contributed by atoms with Crippen LogP contribution in [0.5, 0.6) is 0 Å². The van der Waals surface area contributed by atoms with Crippen LogP contribution >= 0.6 is 0 Å². The molecule has 0 amide bonds. The minimum absolute atomic E-state index is 0.847. The summed E-state index contributed by atoms with van der Waals surface area (Å²) in [5.41, 5.74) is 2.96. The number of aromatic nitrogens is 1. The Kier molecular flexibility index (Phi) is 3.38. The lowest BCUT2D eigenvalue weighted by Gasteiger charge is -2.21. The first-order valence-corrected chi connectivity index (χ1v) is 5.83. The van der Waals surface area contributed by atoms with Crippen LogP contribution in [0.2, 0.25) is 0 Å². The van der Waals surface area contributed by atoms with Crippen molar-refractivity contribution in [1.29, 1.82) is 0 Å². The minimum Gasteiger partial charge on any atom is -0.372 e. The van der Waals surface area contributed by atoms with Crippen molar-refractivity contribution in [3.63, 3.8) is 0 Å². The average Bonchev–Trinajstić information content (AvgIpc) is 2.37. The molecule has 0 spiro atoms. The Labute approximate surface area is 102 Å². The fourth-order valence-electron chi connectivity index (χ4n) is 2.08. The largest absolute Gasteiger partial charge is 0.372 e. The van der Waals surface area contributed by atoms with Crippen LogP contribution in [0.4, 0.5) is 11.4 Å². The van der Waals surface area contributed by atoms with E-state index in [0.29, 0.717) is 0 Å². The first-order valence-electron chi connectivity index (χ1n) is 5.83. The first kappa shape index (κ1) is 11.6. The number of benzene rings is 1. The molecule has 0 aliphatic rings. The molecule has 0 bridgehead atoms. The second-order valence-electron chi connectivity index (χ2n) is 4.09. The predicted octanol–water partition coefficient (Wildman–Crippen LogP) is 3.41. The van der Waals surface area contributed by atoms with Crippen LogP contribution in [0.1, 0.15) is 13.3 Å². The van der Waals surface area contributed by atoms with Crippen molar-refractivity contribution < 1.29 is 0 Å². The lowest BCUT2D eigenvalue weighted by atomic mass is 10.1. The van der Waals surface area contributed by atoms with E-state index in [0.717, 1.165) is 35.2 Å². The highest BCUT2D eigenvalue weighted by Gasteiger charge is 2.11. The van der Waals surface area contributed by atoms with E-state index in [9.17, 15) is 0 Å². The zero-order valence-corrected chi connectivity index (χ0v) is 10.3. The Morgan fingerprint density at radius 3 is 2.82 bits per heavy atom. The van der Waals surface area contributed by atoms with Gasteiger partial charge in [0.15, 0.2) is 0 Å². The fraction of sp³-hybridized carbons (Fsp3) is 0.286. The number of aliphatic imine (C=N–C) groups is 1. The smallest absolute Gasteiger partial charge is 0.104 e. The number of pyridine rings is 1. The summed E-state index contributed by atoms with van der Waals surface area (Å²) >= 11 is 0. The highest BCUT2D eigenvalue weighted by molar-refractivity contribution is 5.97. The molecule has 1 heterocycles. The van der Waals surface area contributed by atoms with E-state index in [4.69, 9.17) is 0 Å². The quantitative estimate of drug-likeness (QED) is 0.749. The van der Waals surface area contributed by atoms with Crippen molar-refractivity contribution >= 4 is 29.0 Å². The summed E-state index contributed by atoms with van der Waals surface area (Å²) in [5, 5.41) is 1.13. The number of nitrogens with zero attached hydrogens (tertiary/aromatic N) is 3. The topological polar surface area (TPSA) is 28.5 Å². The highest BCUT2D eigenvalue weighted by Crippen LogP contribution is 2.34. The molecule has 0 N–H and O–H groups in total. The molecule has 88 valence electrons. The molecule has 0 fully saturated rings. The summed E-state index contributed by atoms with van der Waals surface area (Å²) in [4.78, 5) is 10.7. The molecule has 0 aliphatic heterocycles. The van der Waals surface area contributed by atoms with Gasteiger partial charge in [-0.15, -0.1) is 0 Å². The van der Waals surface area contributed by atoms with Gasteiger partial charge in [-0.3, -0.25) is 9.98 Å². The summed E-state index contributed by atoms with van der Waals surface area (Å²) in [6.07, 6.45) is 2.89. The van der Waals surface area contributed by atoms with E-state index in [1.54, 1.807) is 6.20 Å². The molecule has 3 nitrogen and oxygen atoms in total. The maximum Gasteiger partial charge on any atom is 0.104 e. The van der Waals surface area contributed by atoms with E-state index in [-0.39, 0.29) is 0 Å². The monoisotopic (exact) mass is 227 g/mol. The first-order chi connectivity index (χ1) is 8.27. The van der Waals surface area contributed by atoms with Crippen molar-refractivity contribution in [2.24, 2.45) is 4.99 Å². The van der Waals surface area contributed by atoms with E-state index in [2.05, 4.69) is 41.6 Å². The molecule has 0 saturated carbocycles. The van der Waals surface area contributed by atoms with Crippen LogP contribution in [-0.2, 0) is 0 Å². The Morgan fingerprint density at radius 1 is 1.35 bits per heavy atom. The second kappa shape index (κ2) is 4.95. The lowest BCUT2D eigenvalue weighted by molar-refractivity contribution is 0.855. The van der Waals surface area contributed by atoms with Gasteiger partial charge in [0.05, 0.1) is 17.4 Å². The Morgan fingerprint density at radius 2 is 2.12 bits per heavy atom. The fourth-order valence-corrected chi connectivity index (χ4v) is 2.08. The van der Waals surface area contributed by atoms with Crippen LogP contribution in [-0.4, -0.2) is 25.3 Å². The third-order valence-corrected chi connectivity index (χ3v) is 2.84. The third-order valence-electron chi connectivity index (χ3n) is 2.84. The van der Waals surface area contributed by atoms with Crippen molar-refractivity contribution in [2.45, 2.75) is 13.3 Å². The molecule has 1 aromatic carbocycles. The number of rotatable bonds is 4. The van der Waals surface area contributed by atoms with E-state index >= 15 is 0 Å². The van der Waals surface area contributed by atoms with Gasteiger partial charge in [0.25, 0.3) is 0 Å². The number of anilines is 1. The molecule has 17 heavy (non-hydrogen) atoms. The Hall–Kier alpha value is -1.90. The molecule has 2 rings (SSSR count). The average molecular weight is 227 g/mol. The maximum atomic E-state index is 4.39. The SMILES string of the molecule is C=Nc1cnc2ccccc2c1N(C)CCC. The van der Waals surface area contributed by atoms with Gasteiger partial charge in [0, 0.05) is 19.0 Å². The normalized spacial score (nSPS) is 10.5. The predicted molar refractivity (Wildman–Crippen MR) is 74.5 cm³/mol. The molecule has 0 saturated heterocycles. The van der Waals surface area contributed by atoms with Gasteiger partial charge < -0.3 is 4.90 Å². The summed E-state index contributed by atoms with van der Waals surface area (Å²) in [6.45, 7) is 6.79. The summed E-state index contributed by atoms with van der Waals surface area (Å²) < 4.78 is 0. The molecule has 0 radical (unpaired) electrons. The van der Waals surface area contributed by atoms with Gasteiger partial charge in [-0.25, -0.2) is 0 Å². The van der Waals surface area contributed by atoms with Crippen molar-refractivity contribution in [1.82, 2.24) is 4.98 Å². The third kappa shape index (κ3) is 2.13. The van der Waals surface area contributed by atoms with Gasteiger partial charge in [-0.1, -0.05) is 25.1 Å². The molecule has 1 aromatic heterocycles. The number of hydrogen-bond acceptors (Lipinski definition) is 3. The van der Waals surface area contributed by atoms with E-state index < -0.39 is 0 Å². The Bertz CT molecular complexity index is 534. The zero-order chi connectivity index (χ0) is 12.3. The molecule has 0 unspecified atom stereocenters. The Balaban J connectivity index is 2.66. The molecule has 0 atom stereocenters. The molecule has 2 aromatic rings. The summed E-state index contributed by atoms with van der Waals surface area (Å²) in [6, 6.07) is 8.13. The molecule has 3 heteroatoms. The van der Waals surface area contributed by atoms with Crippen LogP contribution in [0.3, 0.4) is 0 Å². The van der Waals surface area contributed by atoms with E-state index in [1.807, 2.05) is 18.2 Å². The van der Waals surface area contributed by atoms with Gasteiger partial charge >= 0.3 is 0 Å². The van der Waals surface area contributed by atoms with E-state index in [1.165, 1.54) is 0 Å². The van der Waals surface area contributed by atoms with Crippen molar-refractivity contribution in [3.05, 3.63) is 30.5 Å². The molecular formula is C14H17N3. The number of para-hydroxylation sites is 1. The van der Waals surface area contributed by atoms with Crippen LogP contribution < -0.4 is 4.90 Å². The summed E-state index contributed by atoms with van der Waals surface area (Å²) in [7, 11) is 2.08. The second-order valence-corrected chi connectivity index (χ2v) is 4.09. The maximum absolute atomic E-state index is 4.39. The highest BCUT2D eigenvalue weighted by atomic mass is 15.1. The molecule has 0 aliphatic carbocycles. The molecular weight excluding hydrogens is 210 g/mol. The van der Waals surface area contributed by atoms with Crippen LogP contribution in [0.25, 0.3) is 10.9 Å². The summed E-state index contributed by atoms with van der Waals surface area (Å²) in [5.74, 6) is 0. The zero-order valence-electron chi connectivity index (χ0n) is 10.3. The van der Waals surface area contributed by atoms with Gasteiger partial charge in [-0.05, 0) is 19.2 Å². The number of fused-ring (bicyclic) bond motifs is 1. The van der Waals surface area contributed by atoms with Crippen molar-refractivity contribution in [2.75, 3.05) is 18.5 Å². The van der Waals surface area contributed by atoms with Crippen molar-refractivity contribution in [3.8, 4) is 0 Å².